The van der Waals surface area contributed by atoms with E-state index < -0.39 is 29.0 Å². The van der Waals surface area contributed by atoms with E-state index in [0.717, 1.165) is 0 Å². The van der Waals surface area contributed by atoms with Crippen LogP contribution in [-0.2, 0) is 19.3 Å². The van der Waals surface area contributed by atoms with Crippen LogP contribution in [-0.4, -0.2) is 27.1 Å². The van der Waals surface area contributed by atoms with Gasteiger partial charge in [0.25, 0.3) is 0 Å². The number of carbonyl (C=O) groups excluding carboxylic acids is 1. The molecule has 86 valence electrons. The van der Waals surface area contributed by atoms with Crippen LogP contribution >= 0.6 is 0 Å². The molecule has 15 heavy (non-hydrogen) atoms. The predicted molar refractivity (Wildman–Crippen MR) is 40.5 cm³/mol. The van der Waals surface area contributed by atoms with Gasteiger partial charge in [0.1, 0.15) is 0 Å². The molecule has 0 aliphatic carbocycles. The van der Waals surface area contributed by atoms with Gasteiger partial charge in [-0.05, 0) is 0 Å². The maximum atomic E-state index is 11.5. The number of halogens is 3. The summed E-state index contributed by atoms with van der Waals surface area (Å²) < 4.78 is 60.5. The van der Waals surface area contributed by atoms with E-state index in [-0.39, 0.29) is 26.7 Å². The zero-order chi connectivity index (χ0) is 11.4. The van der Waals surface area contributed by atoms with E-state index in [0.29, 0.717) is 0 Å². The van der Waals surface area contributed by atoms with Gasteiger partial charge in [0.05, 0.1) is 0 Å². The number of hydrogen-bond donors (Lipinski definition) is 1. The van der Waals surface area contributed by atoms with Gasteiger partial charge in [-0.1, -0.05) is 6.92 Å². The standard InChI is InChI=1S/C5H8F3NO4S.Li.H/c1-2-4(10)9-14(11,12)13-3-5(6,7)8;;/h2-3H2,1H3,(H,9,10);;/q;+1;-1. The topological polar surface area (TPSA) is 72.5 Å². The summed E-state index contributed by atoms with van der Waals surface area (Å²) >= 11 is 0. The zero-order valence-corrected chi connectivity index (χ0v) is 8.91. The number of rotatable bonds is 4. The SMILES string of the molecule is CCC(=O)NS(=O)(=O)OCC(F)(F)F.[H-].[Li+]. The minimum absolute atomic E-state index is 0. The Kier molecular flexibility index (Phi) is 7.29. The number of amides is 1. The Morgan fingerprint density at radius 3 is 2.27 bits per heavy atom. The van der Waals surface area contributed by atoms with Crippen molar-refractivity contribution in [2.45, 2.75) is 19.5 Å². The molecule has 0 aliphatic rings. The van der Waals surface area contributed by atoms with Gasteiger partial charge in [-0.3, -0.25) is 4.79 Å². The summed E-state index contributed by atoms with van der Waals surface area (Å²) in [5.41, 5.74) is 0. The molecule has 0 aromatic carbocycles. The first-order valence-electron chi connectivity index (χ1n) is 3.43. The van der Waals surface area contributed by atoms with Crippen molar-refractivity contribution in [1.29, 1.82) is 0 Å². The zero-order valence-electron chi connectivity index (χ0n) is 9.09. The largest absolute Gasteiger partial charge is 1.00 e. The molecule has 0 atom stereocenters. The molecule has 10 heteroatoms. The van der Waals surface area contributed by atoms with Crippen molar-refractivity contribution in [3.05, 3.63) is 0 Å². The fraction of sp³-hybridized carbons (Fsp3) is 0.800. The smallest absolute Gasteiger partial charge is 1.00 e. The van der Waals surface area contributed by atoms with Crippen molar-refractivity contribution in [3.8, 4) is 0 Å². The van der Waals surface area contributed by atoms with Gasteiger partial charge in [-0.25, -0.2) is 8.91 Å². The molecule has 0 heterocycles. The summed E-state index contributed by atoms with van der Waals surface area (Å²) in [4.78, 5) is 10.5. The van der Waals surface area contributed by atoms with Crippen LogP contribution in [0.25, 0.3) is 0 Å². The maximum absolute atomic E-state index is 11.5. The predicted octanol–water partition coefficient (Wildman–Crippen LogP) is -2.55. The third-order valence-electron chi connectivity index (χ3n) is 0.938. The van der Waals surface area contributed by atoms with Gasteiger partial charge < -0.3 is 1.43 Å². The van der Waals surface area contributed by atoms with Crippen LogP contribution in [0.3, 0.4) is 0 Å². The normalized spacial score (nSPS) is 11.7. The van der Waals surface area contributed by atoms with Gasteiger partial charge in [0.15, 0.2) is 6.61 Å². The Morgan fingerprint density at radius 1 is 1.47 bits per heavy atom. The quantitative estimate of drug-likeness (QED) is 0.552. The number of alkyl halides is 3. The van der Waals surface area contributed by atoms with E-state index in [9.17, 15) is 26.4 Å². The van der Waals surface area contributed by atoms with Crippen LogP contribution in [0.1, 0.15) is 14.8 Å². The first-order valence-corrected chi connectivity index (χ1v) is 4.84. The van der Waals surface area contributed by atoms with Crippen LogP contribution in [0.4, 0.5) is 13.2 Å². The van der Waals surface area contributed by atoms with Gasteiger partial charge >= 0.3 is 35.3 Å². The Hall–Kier alpha value is -0.233. The molecule has 0 spiro atoms. The summed E-state index contributed by atoms with van der Waals surface area (Å²) in [6.45, 7) is -0.617. The Balaban J connectivity index is -0.000000845. The van der Waals surface area contributed by atoms with E-state index in [4.69, 9.17) is 0 Å². The summed E-state index contributed by atoms with van der Waals surface area (Å²) in [6.07, 6.45) is -4.93. The fourth-order valence-electron chi connectivity index (χ4n) is 0.385. The van der Waals surface area contributed by atoms with Crippen molar-refractivity contribution < 1.29 is 50.9 Å². The average molecular weight is 243 g/mol. The molecule has 0 aromatic rings. The molecule has 0 fully saturated rings. The molecule has 0 radical (unpaired) electrons. The maximum Gasteiger partial charge on any atom is 1.00 e. The van der Waals surface area contributed by atoms with Crippen molar-refractivity contribution in [3.63, 3.8) is 0 Å². The molecule has 0 unspecified atom stereocenters. The molecule has 0 saturated heterocycles. The first kappa shape index (κ1) is 17.2. The Bertz CT molecular complexity index is 307. The Morgan fingerprint density at radius 2 is 1.93 bits per heavy atom. The van der Waals surface area contributed by atoms with Gasteiger partial charge in [-0.2, -0.15) is 21.6 Å². The van der Waals surface area contributed by atoms with E-state index in [2.05, 4.69) is 4.18 Å². The van der Waals surface area contributed by atoms with E-state index in [1.807, 2.05) is 0 Å². The summed E-state index contributed by atoms with van der Waals surface area (Å²) in [5, 5.41) is 0. The van der Waals surface area contributed by atoms with Crippen LogP contribution in [0, 0.1) is 0 Å². The van der Waals surface area contributed by atoms with Crippen LogP contribution < -0.4 is 23.6 Å². The first-order chi connectivity index (χ1) is 6.16. The molecule has 0 saturated carbocycles. The van der Waals surface area contributed by atoms with Crippen molar-refractivity contribution in [2.75, 3.05) is 6.61 Å². The van der Waals surface area contributed by atoms with Gasteiger partial charge in [0.2, 0.25) is 5.91 Å². The molecule has 0 rings (SSSR count). The fourth-order valence-corrected chi connectivity index (χ4v) is 1.16. The van der Waals surface area contributed by atoms with Gasteiger partial charge in [0, 0.05) is 6.42 Å². The van der Waals surface area contributed by atoms with Crippen LogP contribution in [0.15, 0.2) is 0 Å². The van der Waals surface area contributed by atoms with Crippen LogP contribution in [0.5, 0.6) is 0 Å². The number of hydrogen-bond acceptors (Lipinski definition) is 4. The molecule has 0 aliphatic heterocycles. The number of carbonyl (C=O) groups is 1. The summed E-state index contributed by atoms with van der Waals surface area (Å²) in [6, 6.07) is 0. The average Bonchev–Trinajstić information content (AvgIpc) is 1.99. The van der Waals surface area contributed by atoms with Crippen LogP contribution in [0.2, 0.25) is 0 Å². The van der Waals surface area contributed by atoms with E-state index in [1.165, 1.54) is 11.6 Å². The summed E-state index contributed by atoms with van der Waals surface area (Å²) in [5.74, 6) is -0.938. The molecule has 5 nitrogen and oxygen atoms in total. The third-order valence-corrected chi connectivity index (χ3v) is 1.84. The monoisotopic (exact) mass is 243 g/mol. The minimum Gasteiger partial charge on any atom is -1.00 e. The minimum atomic E-state index is -4.76. The molecule has 1 N–H and O–H groups in total. The molecule has 1 amide bonds. The van der Waals surface area contributed by atoms with Crippen molar-refractivity contribution >= 4 is 16.2 Å². The van der Waals surface area contributed by atoms with Gasteiger partial charge in [-0.15, -0.1) is 0 Å². The third kappa shape index (κ3) is 10.1. The van der Waals surface area contributed by atoms with Crippen molar-refractivity contribution in [2.24, 2.45) is 0 Å². The number of nitrogens with one attached hydrogen (secondary N) is 1. The Labute approximate surface area is 98.3 Å². The van der Waals surface area contributed by atoms with E-state index >= 15 is 0 Å². The molecule has 0 bridgehead atoms. The second-order valence-corrected chi connectivity index (χ2v) is 3.56. The second kappa shape index (κ2) is 6.37. The molecular weight excluding hydrogens is 234 g/mol. The van der Waals surface area contributed by atoms with E-state index in [1.54, 1.807) is 0 Å². The second-order valence-electron chi connectivity index (χ2n) is 2.21. The molecule has 0 aromatic heterocycles. The van der Waals surface area contributed by atoms with Crippen molar-refractivity contribution in [1.82, 2.24) is 4.72 Å². The summed E-state index contributed by atoms with van der Waals surface area (Å²) in [7, 11) is -4.65. The molecular formula is C5H9F3LiNO4S.